The Balaban J connectivity index is 1.43. The SMILES string of the molecule is Cc1cc(Oc2c(C)cc(C(=O)N[C@H]3C[C@@]4(c5ccccc5Cl)CC[C@H](C(C)(C)O)N4C3=O)cc2F)c(=O)[nH]n1. The number of amides is 2. The number of aryl methyl sites for hydroxylation is 2. The van der Waals surface area contributed by atoms with Gasteiger partial charge in [0, 0.05) is 23.1 Å². The van der Waals surface area contributed by atoms with Crippen molar-refractivity contribution in [3.63, 3.8) is 0 Å². The van der Waals surface area contributed by atoms with Crippen LogP contribution in [0.25, 0.3) is 0 Å². The second kappa shape index (κ2) is 10.0. The number of ether oxygens (including phenoxy) is 1. The van der Waals surface area contributed by atoms with Gasteiger partial charge in [-0.25, -0.2) is 9.49 Å². The predicted octanol–water partition coefficient (Wildman–Crippen LogP) is 4.13. The minimum atomic E-state index is -1.18. The van der Waals surface area contributed by atoms with Crippen LogP contribution in [-0.4, -0.2) is 49.7 Å². The van der Waals surface area contributed by atoms with Crippen molar-refractivity contribution < 1.29 is 23.8 Å². The molecule has 0 spiro atoms. The van der Waals surface area contributed by atoms with Crippen LogP contribution in [0.5, 0.6) is 11.5 Å². The fourth-order valence-corrected chi connectivity index (χ4v) is 6.29. The quantitative estimate of drug-likeness (QED) is 0.411. The Morgan fingerprint density at radius 2 is 1.98 bits per heavy atom. The zero-order chi connectivity index (χ0) is 29.0. The number of carbonyl (C=O) groups is 2. The van der Waals surface area contributed by atoms with E-state index in [1.165, 1.54) is 12.1 Å². The van der Waals surface area contributed by atoms with Crippen LogP contribution in [-0.2, 0) is 10.3 Å². The van der Waals surface area contributed by atoms with Crippen molar-refractivity contribution in [1.29, 1.82) is 0 Å². The minimum Gasteiger partial charge on any atom is -0.448 e. The van der Waals surface area contributed by atoms with E-state index in [1.807, 2.05) is 18.2 Å². The number of nitrogens with one attached hydrogen (secondary N) is 2. The number of aromatic amines is 1. The molecule has 0 unspecified atom stereocenters. The molecule has 3 N–H and O–H groups in total. The largest absolute Gasteiger partial charge is 0.448 e. The highest BCUT2D eigenvalue weighted by Crippen LogP contribution is 2.53. The van der Waals surface area contributed by atoms with Gasteiger partial charge in [-0.2, -0.15) is 5.10 Å². The molecule has 3 heterocycles. The number of rotatable bonds is 6. The first-order valence-electron chi connectivity index (χ1n) is 13.0. The van der Waals surface area contributed by atoms with Crippen LogP contribution < -0.4 is 15.6 Å². The van der Waals surface area contributed by atoms with E-state index >= 15 is 4.39 Å². The van der Waals surface area contributed by atoms with Crippen molar-refractivity contribution in [3.05, 3.63) is 86.0 Å². The fourth-order valence-electron chi connectivity index (χ4n) is 5.98. The van der Waals surface area contributed by atoms with E-state index < -0.39 is 40.5 Å². The van der Waals surface area contributed by atoms with Gasteiger partial charge in [0.25, 0.3) is 5.91 Å². The Hall–Kier alpha value is -3.76. The summed E-state index contributed by atoms with van der Waals surface area (Å²) in [7, 11) is 0. The molecular weight excluding hydrogens is 539 g/mol. The normalized spacial score (nSPS) is 22.4. The number of H-pyrrole nitrogens is 1. The number of aromatic nitrogens is 2. The van der Waals surface area contributed by atoms with Crippen molar-refractivity contribution in [1.82, 2.24) is 20.4 Å². The molecule has 2 amide bonds. The highest BCUT2D eigenvalue weighted by molar-refractivity contribution is 6.31. The molecule has 5 rings (SSSR count). The summed E-state index contributed by atoms with van der Waals surface area (Å²) in [5.74, 6) is -2.14. The molecule has 0 bridgehead atoms. The number of carbonyl (C=O) groups excluding carboxylic acids is 2. The van der Waals surface area contributed by atoms with Crippen LogP contribution in [0.1, 0.15) is 60.3 Å². The van der Waals surface area contributed by atoms with E-state index in [-0.39, 0.29) is 35.0 Å². The third-order valence-electron chi connectivity index (χ3n) is 7.78. The van der Waals surface area contributed by atoms with Gasteiger partial charge >= 0.3 is 5.56 Å². The highest BCUT2D eigenvalue weighted by atomic mass is 35.5. The molecular formula is C29H30ClFN4O5. The maximum atomic E-state index is 15.1. The summed E-state index contributed by atoms with van der Waals surface area (Å²) in [4.78, 5) is 40.8. The fraction of sp³-hybridized carbons (Fsp3) is 0.379. The lowest BCUT2D eigenvalue weighted by Crippen LogP contribution is -2.53. The second-order valence-corrected chi connectivity index (χ2v) is 11.5. The van der Waals surface area contributed by atoms with E-state index in [1.54, 1.807) is 38.7 Å². The van der Waals surface area contributed by atoms with E-state index in [0.29, 0.717) is 23.6 Å². The predicted molar refractivity (Wildman–Crippen MR) is 146 cm³/mol. The third-order valence-corrected chi connectivity index (χ3v) is 8.11. The molecule has 0 radical (unpaired) electrons. The second-order valence-electron chi connectivity index (χ2n) is 11.1. The Morgan fingerprint density at radius 3 is 2.65 bits per heavy atom. The summed E-state index contributed by atoms with van der Waals surface area (Å²) in [5, 5.41) is 20.2. The molecule has 40 heavy (non-hydrogen) atoms. The van der Waals surface area contributed by atoms with E-state index in [0.717, 1.165) is 11.6 Å². The number of fused-ring (bicyclic) bond motifs is 1. The maximum Gasteiger partial charge on any atom is 0.307 e. The van der Waals surface area contributed by atoms with Gasteiger partial charge in [-0.1, -0.05) is 29.8 Å². The number of halogens is 2. The van der Waals surface area contributed by atoms with E-state index in [4.69, 9.17) is 16.3 Å². The highest BCUT2D eigenvalue weighted by Gasteiger charge is 2.61. The number of benzene rings is 2. The Kier molecular flexibility index (Phi) is 6.96. The number of hydrogen-bond donors (Lipinski definition) is 3. The van der Waals surface area contributed by atoms with Gasteiger partial charge in [0.15, 0.2) is 17.3 Å². The summed E-state index contributed by atoms with van der Waals surface area (Å²) in [5.41, 5.74) is -1.08. The van der Waals surface area contributed by atoms with Crippen molar-refractivity contribution in [2.24, 2.45) is 0 Å². The lowest BCUT2D eigenvalue weighted by Gasteiger charge is -2.40. The first-order chi connectivity index (χ1) is 18.8. The molecule has 9 nitrogen and oxygen atoms in total. The molecule has 2 aromatic carbocycles. The molecule has 0 aliphatic carbocycles. The summed E-state index contributed by atoms with van der Waals surface area (Å²) < 4.78 is 20.6. The van der Waals surface area contributed by atoms with Gasteiger partial charge in [0.05, 0.1) is 22.9 Å². The first kappa shape index (κ1) is 27.8. The number of nitrogens with zero attached hydrogens (tertiary/aromatic N) is 2. The van der Waals surface area contributed by atoms with Crippen LogP contribution in [0, 0.1) is 19.7 Å². The molecule has 2 fully saturated rings. The molecule has 2 aliphatic heterocycles. The van der Waals surface area contributed by atoms with Gasteiger partial charge in [-0.05, 0) is 69.9 Å². The van der Waals surface area contributed by atoms with Gasteiger partial charge in [0.1, 0.15) is 6.04 Å². The molecule has 3 aromatic rings. The molecule has 2 aliphatic rings. The van der Waals surface area contributed by atoms with E-state index in [9.17, 15) is 19.5 Å². The van der Waals surface area contributed by atoms with Crippen LogP contribution in [0.3, 0.4) is 0 Å². The first-order valence-corrected chi connectivity index (χ1v) is 13.4. The standard InChI is InChI=1S/C29H30ClFN4O5/c1-15-11-17(13-20(31)24(15)40-22-12-16(2)33-34-26(22)37)25(36)32-21-14-29(18-7-5-6-8-19(18)30)10-9-23(28(3,4)39)35(29)27(21)38/h5-8,11-13,21,23,39H,9-10,14H2,1-4H3,(H,32,36)(H,34,37)/t21-,23+,29+/m0/s1. The average molecular weight is 569 g/mol. The Bertz CT molecular complexity index is 1550. The summed E-state index contributed by atoms with van der Waals surface area (Å²) in [6.07, 6.45) is 1.39. The summed E-state index contributed by atoms with van der Waals surface area (Å²) >= 11 is 6.58. The zero-order valence-electron chi connectivity index (χ0n) is 22.5. The van der Waals surface area contributed by atoms with Crippen LogP contribution in [0.15, 0.2) is 47.3 Å². The van der Waals surface area contributed by atoms with Crippen LogP contribution in [0.4, 0.5) is 4.39 Å². The van der Waals surface area contributed by atoms with Gasteiger partial charge < -0.3 is 20.1 Å². The summed E-state index contributed by atoms with van der Waals surface area (Å²) in [6.45, 7) is 6.52. The van der Waals surface area contributed by atoms with Crippen molar-refractivity contribution >= 4 is 23.4 Å². The minimum absolute atomic E-state index is 0.00661. The lowest BCUT2D eigenvalue weighted by molar-refractivity contribution is -0.138. The molecule has 11 heteroatoms. The van der Waals surface area contributed by atoms with Gasteiger partial charge in [0.2, 0.25) is 5.91 Å². The van der Waals surface area contributed by atoms with Gasteiger partial charge in [-0.3, -0.25) is 14.4 Å². The third kappa shape index (κ3) is 4.75. The average Bonchev–Trinajstić information content (AvgIpc) is 3.39. The molecule has 210 valence electrons. The van der Waals surface area contributed by atoms with Crippen LogP contribution in [0.2, 0.25) is 5.02 Å². The molecule has 2 saturated heterocycles. The number of hydrogen-bond acceptors (Lipinski definition) is 6. The van der Waals surface area contributed by atoms with Crippen molar-refractivity contribution in [3.8, 4) is 11.5 Å². The maximum absolute atomic E-state index is 15.1. The Labute approximate surface area is 235 Å². The zero-order valence-corrected chi connectivity index (χ0v) is 23.3. The molecule has 1 aromatic heterocycles. The topological polar surface area (TPSA) is 125 Å². The Morgan fingerprint density at radius 1 is 1.25 bits per heavy atom. The molecule has 0 saturated carbocycles. The summed E-state index contributed by atoms with van der Waals surface area (Å²) in [6, 6.07) is 9.71. The van der Waals surface area contributed by atoms with E-state index in [2.05, 4.69) is 15.5 Å². The smallest absolute Gasteiger partial charge is 0.307 e. The number of aliphatic hydroxyl groups is 1. The monoisotopic (exact) mass is 568 g/mol. The van der Waals surface area contributed by atoms with Crippen LogP contribution >= 0.6 is 11.6 Å². The molecule has 3 atom stereocenters. The van der Waals surface area contributed by atoms with Crippen molar-refractivity contribution in [2.75, 3.05) is 0 Å². The van der Waals surface area contributed by atoms with Gasteiger partial charge in [-0.15, -0.1) is 0 Å². The van der Waals surface area contributed by atoms with Crippen molar-refractivity contribution in [2.45, 2.75) is 70.2 Å². The lowest BCUT2D eigenvalue weighted by atomic mass is 9.84.